The maximum Gasteiger partial charge on any atom is 0.107 e. The lowest BCUT2D eigenvalue weighted by Gasteiger charge is -2.19. The van der Waals surface area contributed by atoms with Gasteiger partial charge in [-0.2, -0.15) is 0 Å². The summed E-state index contributed by atoms with van der Waals surface area (Å²) >= 11 is 0. The number of aromatic nitrogens is 2. The predicted molar refractivity (Wildman–Crippen MR) is 68.9 cm³/mol. The standard InChI is InChI=1S/C13H25N3/c1-9(2)12-10(3)15-11(16-12)7-8-14-13(4,5)6/h9,14H,7-8H2,1-6H3,(H,15,16). The third-order valence-corrected chi connectivity index (χ3v) is 2.54. The van der Waals surface area contributed by atoms with Crippen LogP contribution in [0.15, 0.2) is 0 Å². The average Bonchev–Trinajstić information content (AvgIpc) is 2.44. The molecule has 0 fully saturated rings. The van der Waals surface area contributed by atoms with E-state index in [0.29, 0.717) is 5.92 Å². The molecule has 0 saturated carbocycles. The second-order valence-electron chi connectivity index (χ2n) is 5.78. The molecule has 1 aromatic rings. The summed E-state index contributed by atoms with van der Waals surface area (Å²) in [5.41, 5.74) is 2.59. The molecule has 3 nitrogen and oxygen atoms in total. The summed E-state index contributed by atoms with van der Waals surface area (Å²) in [7, 11) is 0. The van der Waals surface area contributed by atoms with Gasteiger partial charge < -0.3 is 10.3 Å². The molecule has 2 N–H and O–H groups in total. The van der Waals surface area contributed by atoms with Gasteiger partial charge in [0, 0.05) is 24.2 Å². The van der Waals surface area contributed by atoms with Crippen LogP contribution in [0.25, 0.3) is 0 Å². The van der Waals surface area contributed by atoms with Crippen LogP contribution in [0.5, 0.6) is 0 Å². The fraction of sp³-hybridized carbons (Fsp3) is 0.769. The molecule has 0 aliphatic heterocycles. The van der Waals surface area contributed by atoms with E-state index < -0.39 is 0 Å². The Hall–Kier alpha value is -0.830. The van der Waals surface area contributed by atoms with Crippen LogP contribution in [0.4, 0.5) is 0 Å². The van der Waals surface area contributed by atoms with Gasteiger partial charge in [-0.25, -0.2) is 4.98 Å². The van der Waals surface area contributed by atoms with Crippen LogP contribution in [0.3, 0.4) is 0 Å². The molecule has 1 heterocycles. The van der Waals surface area contributed by atoms with Crippen LogP contribution in [-0.2, 0) is 6.42 Å². The molecule has 0 amide bonds. The lowest BCUT2D eigenvalue weighted by atomic mass is 10.1. The Morgan fingerprint density at radius 1 is 1.31 bits per heavy atom. The third-order valence-electron chi connectivity index (χ3n) is 2.54. The third kappa shape index (κ3) is 3.97. The van der Waals surface area contributed by atoms with Gasteiger partial charge in [0.1, 0.15) is 5.82 Å². The Morgan fingerprint density at radius 3 is 2.38 bits per heavy atom. The van der Waals surface area contributed by atoms with E-state index in [1.807, 2.05) is 0 Å². The van der Waals surface area contributed by atoms with E-state index in [4.69, 9.17) is 0 Å². The molecule has 0 unspecified atom stereocenters. The molecule has 0 radical (unpaired) electrons. The average molecular weight is 223 g/mol. The Bertz CT molecular complexity index is 331. The van der Waals surface area contributed by atoms with Crippen LogP contribution in [-0.4, -0.2) is 22.1 Å². The van der Waals surface area contributed by atoms with Gasteiger partial charge in [0.15, 0.2) is 0 Å². The van der Waals surface area contributed by atoms with Crippen molar-refractivity contribution in [3.8, 4) is 0 Å². The van der Waals surface area contributed by atoms with Gasteiger partial charge in [0.2, 0.25) is 0 Å². The van der Waals surface area contributed by atoms with Crippen molar-refractivity contribution in [2.45, 2.75) is 59.4 Å². The Labute approximate surface area is 99.1 Å². The molecular formula is C13H25N3. The smallest absolute Gasteiger partial charge is 0.107 e. The van der Waals surface area contributed by atoms with Crippen LogP contribution in [0.2, 0.25) is 0 Å². The highest BCUT2D eigenvalue weighted by Crippen LogP contribution is 2.16. The van der Waals surface area contributed by atoms with E-state index in [1.54, 1.807) is 0 Å². The number of nitrogens with one attached hydrogen (secondary N) is 2. The van der Waals surface area contributed by atoms with E-state index in [0.717, 1.165) is 18.8 Å². The number of H-pyrrole nitrogens is 1. The summed E-state index contributed by atoms with van der Waals surface area (Å²) in [5, 5.41) is 3.47. The van der Waals surface area contributed by atoms with Gasteiger partial charge in [-0.1, -0.05) is 13.8 Å². The normalized spacial score (nSPS) is 12.4. The fourth-order valence-electron chi connectivity index (χ4n) is 1.77. The number of nitrogens with zero attached hydrogens (tertiary/aromatic N) is 1. The number of aromatic amines is 1. The van der Waals surface area contributed by atoms with Crippen LogP contribution >= 0.6 is 0 Å². The highest BCUT2D eigenvalue weighted by atomic mass is 15.0. The lowest BCUT2D eigenvalue weighted by molar-refractivity contribution is 0.427. The zero-order valence-electron chi connectivity index (χ0n) is 11.4. The summed E-state index contributed by atoms with van der Waals surface area (Å²) < 4.78 is 0. The van der Waals surface area contributed by atoms with Crippen LogP contribution < -0.4 is 5.32 Å². The first-order chi connectivity index (χ1) is 7.29. The summed E-state index contributed by atoms with van der Waals surface area (Å²) in [4.78, 5) is 7.99. The molecule has 0 bridgehead atoms. The van der Waals surface area contributed by atoms with Gasteiger partial charge in [0.05, 0.1) is 5.69 Å². The maximum atomic E-state index is 4.63. The highest BCUT2D eigenvalue weighted by Gasteiger charge is 2.11. The van der Waals surface area contributed by atoms with E-state index in [2.05, 4.69) is 56.8 Å². The molecule has 0 spiro atoms. The number of hydrogen-bond acceptors (Lipinski definition) is 2. The molecule has 16 heavy (non-hydrogen) atoms. The Morgan fingerprint density at radius 2 is 1.94 bits per heavy atom. The number of rotatable bonds is 4. The molecule has 0 atom stereocenters. The quantitative estimate of drug-likeness (QED) is 0.824. The van der Waals surface area contributed by atoms with Gasteiger partial charge >= 0.3 is 0 Å². The first-order valence-corrected chi connectivity index (χ1v) is 6.10. The first kappa shape index (κ1) is 13.2. The zero-order valence-corrected chi connectivity index (χ0v) is 11.4. The summed E-state index contributed by atoms with van der Waals surface area (Å²) in [6.45, 7) is 14.0. The second-order valence-corrected chi connectivity index (χ2v) is 5.78. The van der Waals surface area contributed by atoms with Crippen molar-refractivity contribution in [3.05, 3.63) is 17.2 Å². The van der Waals surface area contributed by atoms with E-state index in [-0.39, 0.29) is 5.54 Å². The largest absolute Gasteiger partial charge is 0.346 e. The molecule has 0 aliphatic rings. The number of imidazole rings is 1. The van der Waals surface area contributed by atoms with Crippen LogP contribution in [0, 0.1) is 6.92 Å². The first-order valence-electron chi connectivity index (χ1n) is 6.10. The van der Waals surface area contributed by atoms with E-state index in [1.165, 1.54) is 11.4 Å². The van der Waals surface area contributed by atoms with Crippen molar-refractivity contribution in [2.75, 3.05) is 6.54 Å². The Kier molecular flexibility index (Phi) is 4.14. The molecule has 92 valence electrons. The van der Waals surface area contributed by atoms with Crippen molar-refractivity contribution < 1.29 is 0 Å². The van der Waals surface area contributed by atoms with Gasteiger partial charge in [-0.05, 0) is 33.6 Å². The molecule has 1 rings (SSSR count). The van der Waals surface area contributed by atoms with Crippen molar-refractivity contribution in [1.82, 2.24) is 15.3 Å². The van der Waals surface area contributed by atoms with Crippen LogP contribution in [0.1, 0.15) is 57.7 Å². The van der Waals surface area contributed by atoms with Gasteiger partial charge in [-0.3, -0.25) is 0 Å². The molecule has 0 saturated heterocycles. The van der Waals surface area contributed by atoms with Crippen molar-refractivity contribution in [1.29, 1.82) is 0 Å². The van der Waals surface area contributed by atoms with E-state index >= 15 is 0 Å². The number of aryl methyl sites for hydroxylation is 1. The summed E-state index contributed by atoms with van der Waals surface area (Å²) in [5.74, 6) is 1.60. The number of hydrogen-bond donors (Lipinski definition) is 2. The van der Waals surface area contributed by atoms with Crippen molar-refractivity contribution in [2.24, 2.45) is 0 Å². The molecule has 0 aromatic carbocycles. The SMILES string of the molecule is Cc1[nH]c(CCNC(C)(C)C)nc1C(C)C. The Balaban J connectivity index is 2.52. The van der Waals surface area contributed by atoms with Gasteiger partial charge in [0.25, 0.3) is 0 Å². The minimum atomic E-state index is 0.183. The minimum Gasteiger partial charge on any atom is -0.346 e. The maximum absolute atomic E-state index is 4.63. The molecule has 1 aromatic heterocycles. The molecule has 3 heteroatoms. The molecular weight excluding hydrogens is 198 g/mol. The zero-order chi connectivity index (χ0) is 12.3. The second kappa shape index (κ2) is 5.00. The topological polar surface area (TPSA) is 40.7 Å². The monoisotopic (exact) mass is 223 g/mol. The van der Waals surface area contributed by atoms with Crippen molar-refractivity contribution in [3.63, 3.8) is 0 Å². The predicted octanol–water partition coefficient (Wildman–Crippen LogP) is 2.77. The van der Waals surface area contributed by atoms with Crippen molar-refractivity contribution >= 4 is 0 Å². The lowest BCUT2D eigenvalue weighted by Crippen LogP contribution is -2.37. The molecule has 0 aliphatic carbocycles. The summed E-state index contributed by atoms with van der Waals surface area (Å²) in [6, 6.07) is 0. The highest BCUT2D eigenvalue weighted by molar-refractivity contribution is 5.16. The van der Waals surface area contributed by atoms with Gasteiger partial charge in [-0.15, -0.1) is 0 Å². The van der Waals surface area contributed by atoms with E-state index in [9.17, 15) is 0 Å². The minimum absolute atomic E-state index is 0.183. The fourth-order valence-corrected chi connectivity index (χ4v) is 1.77. The summed E-state index contributed by atoms with van der Waals surface area (Å²) in [6.07, 6.45) is 0.963.